The molecule has 1 aliphatic carbocycles. The molecule has 0 unspecified atom stereocenters. The van der Waals surface area contributed by atoms with Crippen LogP contribution in [-0.2, 0) is 4.74 Å². The van der Waals surface area contributed by atoms with Crippen molar-refractivity contribution in [2.24, 2.45) is 0 Å². The smallest absolute Gasteiger partial charge is 0.449 e. The third-order valence-electron chi connectivity index (χ3n) is 5.75. The fourth-order valence-corrected chi connectivity index (χ4v) is 4.25. The molecule has 2 N–H and O–H groups in total. The van der Waals surface area contributed by atoms with Gasteiger partial charge in [-0.15, -0.1) is 0 Å². The molecule has 1 saturated carbocycles. The van der Waals surface area contributed by atoms with Crippen LogP contribution in [0.25, 0.3) is 10.9 Å². The SMILES string of the molecule is O=C(O)Oc1cn([C@@H]2C[C@H]2F)c2cc(N3C[C@@H]4NCCO[C@@H]4C3)c(F)cc2c1=O. The number of nitrogens with zero attached hydrogens (tertiary/aromatic N) is 2. The molecular formula is C19H19F2N3O5. The van der Waals surface area contributed by atoms with Crippen molar-refractivity contribution in [1.29, 1.82) is 0 Å². The molecule has 3 heterocycles. The summed E-state index contributed by atoms with van der Waals surface area (Å²) < 4.78 is 40.5. The summed E-state index contributed by atoms with van der Waals surface area (Å²) in [6, 6.07) is 2.15. The zero-order valence-electron chi connectivity index (χ0n) is 15.3. The molecule has 3 aliphatic rings. The maximum atomic E-state index is 15.0. The monoisotopic (exact) mass is 407 g/mol. The molecule has 5 rings (SSSR count). The van der Waals surface area contributed by atoms with E-state index in [4.69, 9.17) is 9.84 Å². The summed E-state index contributed by atoms with van der Waals surface area (Å²) in [7, 11) is 0. The Bertz CT molecular complexity index is 1040. The van der Waals surface area contributed by atoms with Crippen LogP contribution < -0.4 is 20.4 Å². The molecule has 1 aromatic heterocycles. The Balaban J connectivity index is 1.62. The van der Waals surface area contributed by atoms with Gasteiger partial charge in [-0.2, -0.15) is 0 Å². The number of anilines is 1. The Hall–Kier alpha value is -2.72. The van der Waals surface area contributed by atoms with E-state index in [-0.39, 0.29) is 24.0 Å². The van der Waals surface area contributed by atoms with E-state index in [1.54, 1.807) is 0 Å². The average Bonchev–Trinajstić information content (AvgIpc) is 3.24. The zero-order valence-corrected chi connectivity index (χ0v) is 15.3. The fraction of sp³-hybridized carbons (Fsp3) is 0.474. The molecule has 29 heavy (non-hydrogen) atoms. The Kier molecular flexibility index (Phi) is 4.21. The second-order valence-corrected chi connectivity index (χ2v) is 7.61. The highest BCUT2D eigenvalue weighted by Crippen LogP contribution is 2.42. The predicted molar refractivity (Wildman–Crippen MR) is 99.1 cm³/mol. The largest absolute Gasteiger partial charge is 0.511 e. The third-order valence-corrected chi connectivity index (χ3v) is 5.75. The summed E-state index contributed by atoms with van der Waals surface area (Å²) in [6.45, 7) is 2.38. The van der Waals surface area contributed by atoms with Gasteiger partial charge in [-0.1, -0.05) is 0 Å². The molecule has 0 amide bonds. The number of fused-ring (bicyclic) bond motifs is 2. The second kappa shape index (κ2) is 6.67. The first-order valence-electron chi connectivity index (χ1n) is 9.45. The first-order chi connectivity index (χ1) is 13.9. The van der Waals surface area contributed by atoms with E-state index in [9.17, 15) is 18.4 Å². The molecule has 3 fully saturated rings. The van der Waals surface area contributed by atoms with Gasteiger partial charge >= 0.3 is 6.16 Å². The van der Waals surface area contributed by atoms with E-state index >= 15 is 0 Å². The molecule has 0 radical (unpaired) electrons. The molecule has 10 heteroatoms. The number of alkyl halides is 1. The Labute approximate surface area is 163 Å². The number of carboxylic acid groups (broad SMARTS) is 1. The van der Waals surface area contributed by atoms with Crippen molar-refractivity contribution in [3.63, 3.8) is 0 Å². The highest BCUT2D eigenvalue weighted by atomic mass is 19.1. The molecule has 2 aromatic rings. The van der Waals surface area contributed by atoms with Crippen LogP contribution in [0, 0.1) is 5.82 Å². The second-order valence-electron chi connectivity index (χ2n) is 7.61. The predicted octanol–water partition coefficient (Wildman–Crippen LogP) is 1.66. The van der Waals surface area contributed by atoms with Gasteiger partial charge in [-0.25, -0.2) is 13.6 Å². The molecule has 0 bridgehead atoms. The van der Waals surface area contributed by atoms with E-state index in [2.05, 4.69) is 10.1 Å². The number of morpholine rings is 1. The van der Waals surface area contributed by atoms with Crippen LogP contribution in [0.4, 0.5) is 19.3 Å². The molecule has 0 spiro atoms. The molecular weight excluding hydrogens is 388 g/mol. The number of ether oxygens (including phenoxy) is 2. The van der Waals surface area contributed by atoms with Crippen LogP contribution in [0.5, 0.6) is 5.75 Å². The molecule has 4 atom stereocenters. The number of pyridine rings is 1. The first kappa shape index (κ1) is 18.3. The van der Waals surface area contributed by atoms with Gasteiger partial charge in [0.05, 0.1) is 47.6 Å². The van der Waals surface area contributed by atoms with E-state index in [1.165, 1.54) is 16.8 Å². The number of benzene rings is 1. The van der Waals surface area contributed by atoms with Crippen molar-refractivity contribution in [2.75, 3.05) is 31.1 Å². The summed E-state index contributed by atoms with van der Waals surface area (Å²) in [5.41, 5.74) is -0.105. The molecule has 2 aliphatic heterocycles. The van der Waals surface area contributed by atoms with Gasteiger partial charge in [-0.05, 0) is 12.1 Å². The minimum absolute atomic E-state index is 0.0462. The van der Waals surface area contributed by atoms with Crippen molar-refractivity contribution in [3.05, 3.63) is 34.4 Å². The van der Waals surface area contributed by atoms with Crippen molar-refractivity contribution >= 4 is 22.7 Å². The lowest BCUT2D eigenvalue weighted by Gasteiger charge is -2.25. The van der Waals surface area contributed by atoms with Crippen molar-refractivity contribution in [1.82, 2.24) is 9.88 Å². The minimum Gasteiger partial charge on any atom is -0.449 e. The van der Waals surface area contributed by atoms with Crippen molar-refractivity contribution in [3.8, 4) is 5.75 Å². The fourth-order valence-electron chi connectivity index (χ4n) is 4.25. The Morgan fingerprint density at radius 3 is 2.83 bits per heavy atom. The van der Waals surface area contributed by atoms with Gasteiger partial charge < -0.3 is 29.4 Å². The van der Waals surface area contributed by atoms with E-state index < -0.39 is 35.4 Å². The van der Waals surface area contributed by atoms with Crippen LogP contribution in [0.1, 0.15) is 12.5 Å². The van der Waals surface area contributed by atoms with Crippen LogP contribution in [0.3, 0.4) is 0 Å². The van der Waals surface area contributed by atoms with Gasteiger partial charge in [0.1, 0.15) is 12.0 Å². The highest BCUT2D eigenvalue weighted by Gasteiger charge is 2.41. The average molecular weight is 407 g/mol. The lowest BCUT2D eigenvalue weighted by atomic mass is 10.1. The van der Waals surface area contributed by atoms with Gasteiger partial charge in [0.2, 0.25) is 5.43 Å². The number of halogens is 2. The number of nitrogens with one attached hydrogen (secondary N) is 1. The zero-order chi connectivity index (χ0) is 20.3. The van der Waals surface area contributed by atoms with E-state index in [0.29, 0.717) is 30.9 Å². The molecule has 154 valence electrons. The van der Waals surface area contributed by atoms with Gasteiger partial charge in [0.15, 0.2) is 5.75 Å². The molecule has 1 aromatic carbocycles. The maximum absolute atomic E-state index is 15.0. The van der Waals surface area contributed by atoms with Gasteiger partial charge in [0.25, 0.3) is 0 Å². The topological polar surface area (TPSA) is 93.0 Å². The van der Waals surface area contributed by atoms with Gasteiger partial charge in [0, 0.05) is 26.1 Å². The van der Waals surface area contributed by atoms with Crippen molar-refractivity contribution in [2.45, 2.75) is 30.8 Å². The Morgan fingerprint density at radius 1 is 1.34 bits per heavy atom. The summed E-state index contributed by atoms with van der Waals surface area (Å²) in [6.07, 6.45) is -1.39. The van der Waals surface area contributed by atoms with Crippen LogP contribution in [0.15, 0.2) is 23.1 Å². The summed E-state index contributed by atoms with van der Waals surface area (Å²) >= 11 is 0. The Morgan fingerprint density at radius 2 is 2.14 bits per heavy atom. The quantitative estimate of drug-likeness (QED) is 0.748. The minimum atomic E-state index is -1.66. The lowest BCUT2D eigenvalue weighted by Crippen LogP contribution is -2.47. The highest BCUT2D eigenvalue weighted by molar-refractivity contribution is 5.85. The normalized spacial score (nSPS) is 28.4. The molecule has 2 saturated heterocycles. The summed E-state index contributed by atoms with van der Waals surface area (Å²) in [4.78, 5) is 25.4. The summed E-state index contributed by atoms with van der Waals surface area (Å²) in [5, 5.41) is 12.2. The standard InChI is InChI=1S/C19H19F2N3O5/c20-10-3-9-13(5-14(10)23-6-12-16(7-23)28-2-1-22-12)24(15-4-11(15)21)8-17(18(9)25)29-19(26)27/h3,5,8,11-12,15-16,22H,1-2,4,6-7H2,(H,26,27)/t11-,12+,15-,16-/m1/s1. The van der Waals surface area contributed by atoms with Crippen LogP contribution >= 0.6 is 0 Å². The van der Waals surface area contributed by atoms with E-state index in [0.717, 1.165) is 12.6 Å². The molecule has 8 nitrogen and oxygen atoms in total. The van der Waals surface area contributed by atoms with Crippen LogP contribution in [0.2, 0.25) is 0 Å². The number of aromatic nitrogens is 1. The first-order valence-corrected chi connectivity index (χ1v) is 9.45. The third kappa shape index (κ3) is 3.12. The summed E-state index contributed by atoms with van der Waals surface area (Å²) in [5.74, 6) is -1.08. The van der Waals surface area contributed by atoms with Gasteiger partial charge in [-0.3, -0.25) is 4.79 Å². The number of carbonyl (C=O) groups is 1. The number of hydrogen-bond donors (Lipinski definition) is 2. The van der Waals surface area contributed by atoms with Crippen LogP contribution in [-0.4, -0.2) is 60.4 Å². The maximum Gasteiger partial charge on any atom is 0.511 e. The number of rotatable bonds is 3. The number of hydrogen-bond acceptors (Lipinski definition) is 6. The lowest BCUT2D eigenvalue weighted by molar-refractivity contribution is 0.0212. The van der Waals surface area contributed by atoms with E-state index in [1.807, 2.05) is 4.90 Å². The van der Waals surface area contributed by atoms with Crippen molar-refractivity contribution < 1.29 is 28.2 Å².